The Morgan fingerprint density at radius 2 is 1.95 bits per heavy atom. The standard InChI is InChI=1S/C16H32N2O2/c1-12(2)11-15(16(19)20-5)17-14-7-6-9-18(10-8-14)13(3)4/h12-15,17H,6-11H2,1-5H3. The lowest BCUT2D eigenvalue weighted by molar-refractivity contribution is -0.143. The topological polar surface area (TPSA) is 41.6 Å². The number of esters is 1. The normalized spacial score (nSPS) is 22.9. The summed E-state index contributed by atoms with van der Waals surface area (Å²) < 4.78 is 4.93. The average Bonchev–Trinajstić information content (AvgIpc) is 2.62. The van der Waals surface area contributed by atoms with E-state index in [4.69, 9.17) is 4.74 Å². The number of hydrogen-bond donors (Lipinski definition) is 1. The van der Waals surface area contributed by atoms with Gasteiger partial charge in [-0.15, -0.1) is 0 Å². The fraction of sp³-hybridized carbons (Fsp3) is 0.938. The van der Waals surface area contributed by atoms with Crippen LogP contribution in [-0.4, -0.2) is 49.2 Å². The van der Waals surface area contributed by atoms with Crippen molar-refractivity contribution in [2.24, 2.45) is 5.92 Å². The van der Waals surface area contributed by atoms with Gasteiger partial charge in [0.2, 0.25) is 0 Å². The second kappa shape index (κ2) is 8.63. The summed E-state index contributed by atoms with van der Waals surface area (Å²) in [5.41, 5.74) is 0. The summed E-state index contributed by atoms with van der Waals surface area (Å²) in [7, 11) is 1.48. The highest BCUT2D eigenvalue weighted by molar-refractivity contribution is 5.75. The van der Waals surface area contributed by atoms with Gasteiger partial charge in [-0.1, -0.05) is 13.8 Å². The molecule has 1 aliphatic rings. The van der Waals surface area contributed by atoms with Crippen LogP contribution in [0.1, 0.15) is 53.4 Å². The third-order valence-corrected chi connectivity index (χ3v) is 4.12. The first-order chi connectivity index (χ1) is 9.43. The van der Waals surface area contributed by atoms with Crippen LogP contribution in [0.2, 0.25) is 0 Å². The predicted octanol–water partition coefficient (Wildman–Crippen LogP) is 2.43. The summed E-state index contributed by atoms with van der Waals surface area (Å²) in [4.78, 5) is 14.4. The lowest BCUT2D eigenvalue weighted by atomic mass is 10.0. The Morgan fingerprint density at radius 3 is 2.50 bits per heavy atom. The number of rotatable bonds is 6. The number of methoxy groups -OCH3 is 1. The van der Waals surface area contributed by atoms with E-state index < -0.39 is 0 Å². The first-order valence-corrected chi connectivity index (χ1v) is 8.02. The van der Waals surface area contributed by atoms with Crippen LogP contribution in [0.25, 0.3) is 0 Å². The molecule has 0 aromatic rings. The zero-order valence-corrected chi connectivity index (χ0v) is 13.8. The molecular weight excluding hydrogens is 252 g/mol. The molecule has 0 aromatic carbocycles. The largest absolute Gasteiger partial charge is 0.468 e. The molecule has 0 bridgehead atoms. The number of carbonyl (C=O) groups is 1. The Labute approximate surface area is 124 Å². The van der Waals surface area contributed by atoms with Gasteiger partial charge in [0.15, 0.2) is 0 Å². The van der Waals surface area contributed by atoms with Gasteiger partial charge < -0.3 is 15.0 Å². The van der Waals surface area contributed by atoms with Crippen LogP contribution < -0.4 is 5.32 Å². The van der Waals surface area contributed by atoms with Crippen LogP contribution in [0.3, 0.4) is 0 Å². The first-order valence-electron chi connectivity index (χ1n) is 8.02. The maximum Gasteiger partial charge on any atom is 0.322 e. The maximum absolute atomic E-state index is 11.9. The van der Waals surface area contributed by atoms with Crippen LogP contribution in [0.15, 0.2) is 0 Å². The lowest BCUT2D eigenvalue weighted by Gasteiger charge is -2.26. The molecular formula is C16H32N2O2. The van der Waals surface area contributed by atoms with Crippen LogP contribution in [0, 0.1) is 5.92 Å². The minimum Gasteiger partial charge on any atom is -0.468 e. The summed E-state index contributed by atoms with van der Waals surface area (Å²) >= 11 is 0. The average molecular weight is 284 g/mol. The molecule has 0 aromatic heterocycles. The Balaban J connectivity index is 2.53. The van der Waals surface area contributed by atoms with E-state index in [9.17, 15) is 4.79 Å². The lowest BCUT2D eigenvalue weighted by Crippen LogP contribution is -2.45. The van der Waals surface area contributed by atoms with Crippen molar-refractivity contribution in [3.05, 3.63) is 0 Å². The number of ether oxygens (including phenoxy) is 1. The van der Waals surface area contributed by atoms with E-state index in [1.54, 1.807) is 0 Å². The van der Waals surface area contributed by atoms with E-state index in [0.29, 0.717) is 18.0 Å². The fourth-order valence-corrected chi connectivity index (χ4v) is 2.93. The number of carbonyl (C=O) groups excluding carboxylic acids is 1. The SMILES string of the molecule is COC(=O)C(CC(C)C)NC1CCCN(C(C)C)CC1. The van der Waals surface area contributed by atoms with Crippen LogP contribution in [-0.2, 0) is 9.53 Å². The van der Waals surface area contributed by atoms with E-state index in [2.05, 4.69) is 37.9 Å². The molecule has 118 valence electrons. The third kappa shape index (κ3) is 5.80. The molecule has 4 nitrogen and oxygen atoms in total. The quantitative estimate of drug-likeness (QED) is 0.761. The van der Waals surface area contributed by atoms with E-state index in [-0.39, 0.29) is 12.0 Å². The number of nitrogens with zero attached hydrogens (tertiary/aromatic N) is 1. The van der Waals surface area contributed by atoms with Gasteiger partial charge >= 0.3 is 5.97 Å². The zero-order chi connectivity index (χ0) is 15.1. The minimum atomic E-state index is -0.157. The highest BCUT2D eigenvalue weighted by Gasteiger charge is 2.25. The molecule has 1 fully saturated rings. The summed E-state index contributed by atoms with van der Waals surface area (Å²) in [6.45, 7) is 11.1. The molecule has 0 aliphatic carbocycles. The number of hydrogen-bond acceptors (Lipinski definition) is 4. The highest BCUT2D eigenvalue weighted by Crippen LogP contribution is 2.16. The van der Waals surface area contributed by atoms with E-state index in [1.165, 1.54) is 20.1 Å². The van der Waals surface area contributed by atoms with Crippen molar-refractivity contribution in [2.75, 3.05) is 20.2 Å². The molecule has 2 atom stereocenters. The van der Waals surface area contributed by atoms with Gasteiger partial charge in [0.1, 0.15) is 6.04 Å². The Kier molecular flexibility index (Phi) is 7.52. The van der Waals surface area contributed by atoms with Crippen molar-refractivity contribution in [3.8, 4) is 0 Å². The van der Waals surface area contributed by atoms with Gasteiger partial charge in [-0.2, -0.15) is 0 Å². The summed E-state index contributed by atoms with van der Waals surface area (Å²) in [6.07, 6.45) is 4.31. The van der Waals surface area contributed by atoms with Crippen LogP contribution >= 0.6 is 0 Å². The second-order valence-electron chi connectivity index (χ2n) is 6.63. The van der Waals surface area contributed by atoms with Crippen LogP contribution in [0.5, 0.6) is 0 Å². The zero-order valence-electron chi connectivity index (χ0n) is 13.8. The van der Waals surface area contributed by atoms with Crippen molar-refractivity contribution < 1.29 is 9.53 Å². The summed E-state index contributed by atoms with van der Waals surface area (Å²) in [6, 6.07) is 0.887. The molecule has 0 saturated carbocycles. The molecule has 1 aliphatic heterocycles. The molecule has 0 amide bonds. The Bertz CT molecular complexity index is 292. The molecule has 20 heavy (non-hydrogen) atoms. The van der Waals surface area contributed by atoms with Crippen molar-refractivity contribution in [2.45, 2.75) is 71.5 Å². The predicted molar refractivity (Wildman–Crippen MR) is 82.7 cm³/mol. The molecule has 1 rings (SSSR count). The molecule has 2 unspecified atom stereocenters. The van der Waals surface area contributed by atoms with Gasteiger partial charge in [-0.05, 0) is 58.5 Å². The van der Waals surface area contributed by atoms with E-state index >= 15 is 0 Å². The summed E-state index contributed by atoms with van der Waals surface area (Å²) in [5, 5.41) is 3.54. The highest BCUT2D eigenvalue weighted by atomic mass is 16.5. The molecule has 0 spiro atoms. The third-order valence-electron chi connectivity index (χ3n) is 4.12. The Morgan fingerprint density at radius 1 is 1.25 bits per heavy atom. The summed E-state index contributed by atoms with van der Waals surface area (Å²) in [5.74, 6) is 0.369. The van der Waals surface area contributed by atoms with Crippen molar-refractivity contribution >= 4 is 5.97 Å². The van der Waals surface area contributed by atoms with E-state index in [1.807, 2.05) is 0 Å². The smallest absolute Gasteiger partial charge is 0.322 e. The maximum atomic E-state index is 11.9. The van der Waals surface area contributed by atoms with Gasteiger partial charge in [0.05, 0.1) is 7.11 Å². The van der Waals surface area contributed by atoms with E-state index in [0.717, 1.165) is 25.8 Å². The molecule has 1 heterocycles. The van der Waals surface area contributed by atoms with Crippen molar-refractivity contribution in [3.63, 3.8) is 0 Å². The molecule has 1 saturated heterocycles. The fourth-order valence-electron chi connectivity index (χ4n) is 2.93. The van der Waals surface area contributed by atoms with Crippen LogP contribution in [0.4, 0.5) is 0 Å². The minimum absolute atomic E-state index is 0.122. The van der Waals surface area contributed by atoms with Crippen molar-refractivity contribution in [1.29, 1.82) is 0 Å². The second-order valence-corrected chi connectivity index (χ2v) is 6.63. The molecule has 1 N–H and O–H groups in total. The Hall–Kier alpha value is -0.610. The molecule has 0 radical (unpaired) electrons. The van der Waals surface area contributed by atoms with Gasteiger partial charge in [-0.3, -0.25) is 4.79 Å². The van der Waals surface area contributed by atoms with Gasteiger partial charge in [-0.25, -0.2) is 0 Å². The number of nitrogens with one attached hydrogen (secondary N) is 1. The number of likely N-dealkylation sites (tertiary alicyclic amines) is 1. The van der Waals surface area contributed by atoms with Crippen molar-refractivity contribution in [1.82, 2.24) is 10.2 Å². The van der Waals surface area contributed by atoms with Gasteiger partial charge in [0.25, 0.3) is 0 Å². The van der Waals surface area contributed by atoms with Gasteiger partial charge in [0, 0.05) is 12.1 Å². The first kappa shape index (κ1) is 17.4. The monoisotopic (exact) mass is 284 g/mol. The molecule has 4 heteroatoms.